The van der Waals surface area contributed by atoms with E-state index >= 15 is 0 Å². The Hall–Kier alpha value is -0.820. The number of hydrogen-bond acceptors (Lipinski definition) is 4. The molecule has 0 atom stereocenters. The van der Waals surface area contributed by atoms with Crippen molar-refractivity contribution < 1.29 is 17.9 Å². The van der Waals surface area contributed by atoms with Crippen LogP contribution in [0.25, 0.3) is 0 Å². The molecule has 0 aromatic heterocycles. The molecule has 0 saturated carbocycles. The van der Waals surface area contributed by atoms with Gasteiger partial charge in [-0.15, -0.1) is 0 Å². The third-order valence-electron chi connectivity index (χ3n) is 2.54. The quantitative estimate of drug-likeness (QED) is 0.746. The fourth-order valence-electron chi connectivity index (χ4n) is 1.46. The first-order chi connectivity index (χ1) is 9.30. The molecule has 20 heavy (non-hydrogen) atoms. The summed E-state index contributed by atoms with van der Waals surface area (Å²) in [6.45, 7) is 5.53. The molecular weight excluding hydrogens is 302 g/mol. The highest BCUT2D eigenvalue weighted by atomic mass is 35.5. The summed E-state index contributed by atoms with van der Waals surface area (Å²) in [5.41, 5.74) is 0. The predicted molar refractivity (Wildman–Crippen MR) is 78.6 cm³/mol. The maximum atomic E-state index is 11.4. The Bertz CT molecular complexity index is 531. The van der Waals surface area contributed by atoms with Crippen molar-refractivity contribution in [3.63, 3.8) is 0 Å². The number of rotatable bonds is 8. The van der Waals surface area contributed by atoms with E-state index in [2.05, 4.69) is 13.8 Å². The minimum atomic E-state index is -3.86. The van der Waals surface area contributed by atoms with E-state index in [0.717, 1.165) is 6.42 Å². The molecule has 0 saturated heterocycles. The van der Waals surface area contributed by atoms with Gasteiger partial charge in [0.2, 0.25) is 10.0 Å². The third-order valence-corrected chi connectivity index (χ3v) is 3.70. The lowest BCUT2D eigenvalue weighted by molar-refractivity contribution is 0.0917. The number of nitrogens with two attached hydrogens (primary N) is 1. The van der Waals surface area contributed by atoms with Crippen molar-refractivity contribution in [1.82, 2.24) is 0 Å². The van der Waals surface area contributed by atoms with Crippen LogP contribution in [0.3, 0.4) is 0 Å². The number of primary sulfonamides is 1. The first-order valence-corrected chi connectivity index (χ1v) is 8.26. The van der Waals surface area contributed by atoms with Crippen LogP contribution in [0.1, 0.15) is 20.3 Å². The lowest BCUT2D eigenvalue weighted by atomic mass is 10.1. The summed E-state index contributed by atoms with van der Waals surface area (Å²) in [6, 6.07) is 4.30. The molecule has 0 unspecified atom stereocenters. The van der Waals surface area contributed by atoms with Crippen molar-refractivity contribution in [2.45, 2.75) is 25.2 Å². The van der Waals surface area contributed by atoms with Gasteiger partial charge in [0.05, 0.1) is 6.61 Å². The van der Waals surface area contributed by atoms with E-state index in [0.29, 0.717) is 19.1 Å². The summed E-state index contributed by atoms with van der Waals surface area (Å²) in [6.07, 6.45) is 0.976. The van der Waals surface area contributed by atoms with Crippen LogP contribution in [0.2, 0.25) is 5.02 Å². The second-order valence-electron chi connectivity index (χ2n) is 4.78. The first kappa shape index (κ1) is 17.2. The lowest BCUT2D eigenvalue weighted by Crippen LogP contribution is -2.15. The Morgan fingerprint density at radius 1 is 1.25 bits per heavy atom. The third kappa shape index (κ3) is 6.09. The molecule has 0 aliphatic carbocycles. The zero-order chi connectivity index (χ0) is 15.2. The topological polar surface area (TPSA) is 78.6 Å². The second-order valence-corrected chi connectivity index (χ2v) is 6.75. The number of halogens is 1. The van der Waals surface area contributed by atoms with Crippen molar-refractivity contribution in [2.24, 2.45) is 11.1 Å². The van der Waals surface area contributed by atoms with E-state index in [9.17, 15) is 8.42 Å². The van der Waals surface area contributed by atoms with Crippen molar-refractivity contribution in [2.75, 3.05) is 19.8 Å². The molecule has 0 aliphatic rings. The Labute approximate surface area is 125 Å². The zero-order valence-corrected chi connectivity index (χ0v) is 13.2. The van der Waals surface area contributed by atoms with Gasteiger partial charge in [0.15, 0.2) is 0 Å². The minimum Gasteiger partial charge on any atom is -0.490 e. The molecule has 0 radical (unpaired) electrons. The maximum absolute atomic E-state index is 11.4. The highest BCUT2D eigenvalue weighted by Gasteiger charge is 2.15. The van der Waals surface area contributed by atoms with Crippen molar-refractivity contribution in [1.29, 1.82) is 0 Å². The molecule has 1 aromatic carbocycles. The number of hydrogen-bond donors (Lipinski definition) is 1. The van der Waals surface area contributed by atoms with E-state index in [1.165, 1.54) is 12.1 Å². The van der Waals surface area contributed by atoms with E-state index in [1.54, 1.807) is 6.07 Å². The maximum Gasteiger partial charge on any atom is 0.241 e. The van der Waals surface area contributed by atoms with Crippen molar-refractivity contribution >= 4 is 21.6 Å². The predicted octanol–water partition coefficient (Wildman–Crippen LogP) is 2.43. The van der Waals surface area contributed by atoms with Crippen LogP contribution in [0, 0.1) is 5.92 Å². The normalized spacial score (nSPS) is 11.8. The van der Waals surface area contributed by atoms with Gasteiger partial charge < -0.3 is 9.47 Å². The first-order valence-electron chi connectivity index (χ1n) is 6.33. The van der Waals surface area contributed by atoms with Gasteiger partial charge in [0.25, 0.3) is 0 Å². The van der Waals surface area contributed by atoms with E-state index < -0.39 is 10.0 Å². The van der Waals surface area contributed by atoms with Gasteiger partial charge in [-0.25, -0.2) is 13.6 Å². The van der Waals surface area contributed by atoms with Crippen LogP contribution in [0.5, 0.6) is 5.75 Å². The van der Waals surface area contributed by atoms with Gasteiger partial charge in [-0.1, -0.05) is 25.4 Å². The number of ether oxygens (including phenoxy) is 2. The van der Waals surface area contributed by atoms with E-state index in [1.807, 2.05) is 0 Å². The molecule has 1 aromatic rings. The van der Waals surface area contributed by atoms with Crippen molar-refractivity contribution in [3.8, 4) is 5.75 Å². The van der Waals surface area contributed by atoms with Gasteiger partial charge in [-0.05, 0) is 30.5 Å². The SMILES string of the molecule is CC(C)CCOCCOc1ccc(Cl)cc1S(N)(=O)=O. The fraction of sp³-hybridized carbons (Fsp3) is 0.538. The smallest absolute Gasteiger partial charge is 0.241 e. The molecule has 0 bridgehead atoms. The highest BCUT2D eigenvalue weighted by Crippen LogP contribution is 2.26. The van der Waals surface area contributed by atoms with Crippen molar-refractivity contribution in [3.05, 3.63) is 23.2 Å². The number of benzene rings is 1. The molecular formula is C13H20ClNO4S. The molecule has 0 spiro atoms. The summed E-state index contributed by atoms with van der Waals surface area (Å²) in [5.74, 6) is 0.769. The Kier molecular flexibility index (Phi) is 6.75. The lowest BCUT2D eigenvalue weighted by Gasteiger charge is -2.11. The van der Waals surface area contributed by atoms with Gasteiger partial charge in [0, 0.05) is 11.6 Å². The average molecular weight is 322 g/mol. The van der Waals surface area contributed by atoms with E-state index in [4.69, 9.17) is 26.2 Å². The molecule has 114 valence electrons. The van der Waals surface area contributed by atoms with Crippen LogP contribution in [0.4, 0.5) is 0 Å². The van der Waals surface area contributed by atoms with Crippen LogP contribution < -0.4 is 9.88 Å². The largest absolute Gasteiger partial charge is 0.490 e. The summed E-state index contributed by atoms with van der Waals surface area (Å²) in [5, 5.41) is 5.40. The van der Waals surface area contributed by atoms with Crippen LogP contribution in [-0.2, 0) is 14.8 Å². The Morgan fingerprint density at radius 3 is 2.55 bits per heavy atom. The summed E-state index contributed by atoms with van der Waals surface area (Å²) < 4.78 is 33.6. The molecule has 1 rings (SSSR count). The standard InChI is InChI=1S/C13H20ClNO4S/c1-10(2)5-6-18-7-8-19-12-4-3-11(14)9-13(12)20(15,16)17/h3-4,9-10H,5-8H2,1-2H3,(H2,15,16,17). The molecule has 0 aliphatic heterocycles. The molecule has 0 fully saturated rings. The van der Waals surface area contributed by atoms with Crippen LogP contribution >= 0.6 is 11.6 Å². The van der Waals surface area contributed by atoms with Crippen LogP contribution in [-0.4, -0.2) is 28.2 Å². The summed E-state index contributed by atoms with van der Waals surface area (Å²) >= 11 is 5.75. The van der Waals surface area contributed by atoms with Gasteiger partial charge in [-0.3, -0.25) is 0 Å². The van der Waals surface area contributed by atoms with Gasteiger partial charge in [0.1, 0.15) is 17.3 Å². The van der Waals surface area contributed by atoms with Gasteiger partial charge in [-0.2, -0.15) is 0 Å². The number of sulfonamides is 1. The Balaban J connectivity index is 2.52. The van der Waals surface area contributed by atoms with E-state index in [-0.39, 0.29) is 22.3 Å². The second kappa shape index (κ2) is 7.83. The molecule has 2 N–H and O–H groups in total. The zero-order valence-electron chi connectivity index (χ0n) is 11.6. The highest BCUT2D eigenvalue weighted by molar-refractivity contribution is 7.89. The minimum absolute atomic E-state index is 0.118. The molecule has 5 nitrogen and oxygen atoms in total. The average Bonchev–Trinajstić information content (AvgIpc) is 2.33. The molecule has 0 heterocycles. The Morgan fingerprint density at radius 2 is 1.95 bits per heavy atom. The van der Waals surface area contributed by atoms with Gasteiger partial charge >= 0.3 is 0 Å². The monoisotopic (exact) mass is 321 g/mol. The van der Waals surface area contributed by atoms with Crippen LogP contribution in [0.15, 0.2) is 23.1 Å². The fourth-order valence-corrected chi connectivity index (χ4v) is 2.39. The molecule has 0 amide bonds. The summed E-state index contributed by atoms with van der Waals surface area (Å²) in [7, 11) is -3.86. The molecule has 7 heteroatoms. The summed E-state index contributed by atoms with van der Waals surface area (Å²) in [4.78, 5) is -0.118.